The average Bonchev–Trinajstić information content (AvgIpc) is 2.60. The lowest BCUT2D eigenvalue weighted by molar-refractivity contribution is -0.116. The Bertz CT molecular complexity index is 837. The number of carbonyl (C=O) groups excluding carboxylic acids is 1. The lowest BCUT2D eigenvalue weighted by atomic mass is 9.83. The van der Waals surface area contributed by atoms with Crippen LogP contribution in [-0.2, 0) is 14.8 Å². The molecular formula is C18H20ClNO3S. The molecular weight excluding hydrogens is 346 g/mol. The van der Waals surface area contributed by atoms with Gasteiger partial charge < -0.3 is 0 Å². The Morgan fingerprint density at radius 1 is 1.04 bits per heavy atom. The first-order valence-corrected chi connectivity index (χ1v) is 10.0. The molecule has 0 amide bonds. The van der Waals surface area contributed by atoms with Crippen LogP contribution in [0.2, 0.25) is 0 Å². The fraction of sp³-hybridized carbons (Fsp3) is 0.389. The number of benzene rings is 2. The molecule has 0 bridgehead atoms. The van der Waals surface area contributed by atoms with Crippen molar-refractivity contribution in [3.63, 3.8) is 0 Å². The molecule has 0 radical (unpaired) electrons. The van der Waals surface area contributed by atoms with Gasteiger partial charge in [0.15, 0.2) is 0 Å². The van der Waals surface area contributed by atoms with Gasteiger partial charge >= 0.3 is 0 Å². The van der Waals surface area contributed by atoms with Gasteiger partial charge in [-0.15, -0.1) is 0 Å². The van der Waals surface area contributed by atoms with Gasteiger partial charge in [-0.25, -0.2) is 13.1 Å². The maximum Gasteiger partial charge on any atom is 0.241 e. The summed E-state index contributed by atoms with van der Waals surface area (Å²) >= 11 is 5.54. The summed E-state index contributed by atoms with van der Waals surface area (Å²) in [6.45, 7) is 0.398. The fourth-order valence-electron chi connectivity index (χ4n) is 3.33. The van der Waals surface area contributed by atoms with E-state index < -0.39 is 10.0 Å². The van der Waals surface area contributed by atoms with Gasteiger partial charge in [0.25, 0.3) is 0 Å². The topological polar surface area (TPSA) is 63.2 Å². The fourth-order valence-corrected chi connectivity index (χ4v) is 4.89. The number of hydrogen-bond donors (Lipinski definition) is 1. The molecule has 4 nitrogen and oxygen atoms in total. The monoisotopic (exact) mass is 365 g/mol. The van der Waals surface area contributed by atoms with Crippen LogP contribution in [0.3, 0.4) is 0 Å². The quantitative estimate of drug-likeness (QED) is 0.822. The number of sulfonamides is 1. The van der Waals surface area contributed by atoms with E-state index in [2.05, 4.69) is 4.72 Å². The smallest absolute Gasteiger partial charge is 0.241 e. The van der Waals surface area contributed by atoms with Crippen molar-refractivity contribution in [2.45, 2.75) is 30.6 Å². The summed E-state index contributed by atoms with van der Waals surface area (Å²) in [6.07, 6.45) is 3.12. The maximum atomic E-state index is 12.7. The Labute approximate surface area is 147 Å². The van der Waals surface area contributed by atoms with E-state index >= 15 is 0 Å². The standard InChI is InChI=1S/C18H20ClNO3S/c19-18(21)15-10-8-13(9-11-15)12-20-24(22,23)17-7-3-5-14-4-1-2-6-16(14)17/h1-7,13,15,20H,8-12H2. The van der Waals surface area contributed by atoms with Gasteiger partial charge in [-0.2, -0.15) is 0 Å². The minimum atomic E-state index is -3.56. The largest absolute Gasteiger partial charge is 0.281 e. The zero-order valence-corrected chi connectivity index (χ0v) is 14.8. The molecule has 128 valence electrons. The van der Waals surface area contributed by atoms with Crippen LogP contribution < -0.4 is 4.72 Å². The first-order chi connectivity index (χ1) is 11.5. The summed E-state index contributed by atoms with van der Waals surface area (Å²) in [5.41, 5.74) is 0. The Balaban J connectivity index is 1.69. The van der Waals surface area contributed by atoms with E-state index in [0.29, 0.717) is 11.4 Å². The number of carbonyl (C=O) groups is 1. The molecule has 0 spiro atoms. The molecule has 0 aliphatic heterocycles. The van der Waals surface area contributed by atoms with Crippen molar-refractivity contribution in [2.75, 3.05) is 6.54 Å². The zero-order chi connectivity index (χ0) is 17.2. The summed E-state index contributed by atoms with van der Waals surface area (Å²) in [5, 5.41) is 1.36. The van der Waals surface area contributed by atoms with Gasteiger partial charge in [0.1, 0.15) is 0 Å². The van der Waals surface area contributed by atoms with Crippen molar-refractivity contribution in [3.05, 3.63) is 42.5 Å². The maximum absolute atomic E-state index is 12.7. The highest BCUT2D eigenvalue weighted by Gasteiger charge is 2.26. The summed E-state index contributed by atoms with van der Waals surface area (Å²) in [5.74, 6) is 0.180. The normalized spacial score (nSPS) is 21.7. The third kappa shape index (κ3) is 3.79. The van der Waals surface area contributed by atoms with Crippen LogP contribution in [0.4, 0.5) is 0 Å². The van der Waals surface area contributed by atoms with Crippen LogP contribution in [0.15, 0.2) is 47.4 Å². The summed E-state index contributed by atoms with van der Waals surface area (Å²) in [7, 11) is -3.56. The van der Waals surface area contributed by atoms with Crippen LogP contribution in [0, 0.1) is 11.8 Å². The van der Waals surface area contributed by atoms with Crippen molar-refractivity contribution < 1.29 is 13.2 Å². The van der Waals surface area contributed by atoms with Crippen molar-refractivity contribution in [1.29, 1.82) is 0 Å². The second-order valence-corrected chi connectivity index (χ2v) is 8.46. The highest BCUT2D eigenvalue weighted by molar-refractivity contribution is 7.89. The highest BCUT2D eigenvalue weighted by atomic mass is 35.5. The molecule has 0 aromatic heterocycles. The van der Waals surface area contributed by atoms with E-state index in [0.717, 1.165) is 36.5 Å². The Kier molecular flexibility index (Phi) is 5.23. The molecule has 0 unspecified atom stereocenters. The van der Waals surface area contributed by atoms with E-state index in [1.54, 1.807) is 12.1 Å². The molecule has 1 N–H and O–H groups in total. The zero-order valence-electron chi connectivity index (χ0n) is 13.2. The number of fused-ring (bicyclic) bond motifs is 1. The number of nitrogens with one attached hydrogen (secondary N) is 1. The predicted molar refractivity (Wildman–Crippen MR) is 95.4 cm³/mol. The average molecular weight is 366 g/mol. The van der Waals surface area contributed by atoms with Crippen molar-refractivity contribution in [3.8, 4) is 0 Å². The molecule has 1 saturated carbocycles. The molecule has 2 aromatic carbocycles. The SMILES string of the molecule is O=C(Cl)C1CCC(CNS(=O)(=O)c2cccc3ccccc23)CC1. The van der Waals surface area contributed by atoms with Crippen LogP contribution in [-0.4, -0.2) is 20.2 Å². The molecule has 0 saturated heterocycles. The third-order valence-corrected chi connectivity index (χ3v) is 6.56. The van der Waals surface area contributed by atoms with Crippen molar-refractivity contribution >= 4 is 37.6 Å². The lowest BCUT2D eigenvalue weighted by Crippen LogP contribution is -2.32. The second-order valence-electron chi connectivity index (χ2n) is 6.35. The Hall–Kier alpha value is -1.43. The highest BCUT2D eigenvalue weighted by Crippen LogP contribution is 2.30. The Morgan fingerprint density at radius 3 is 2.42 bits per heavy atom. The van der Waals surface area contributed by atoms with Gasteiger partial charge in [0, 0.05) is 17.8 Å². The molecule has 3 rings (SSSR count). The summed E-state index contributed by atoms with van der Waals surface area (Å²) in [4.78, 5) is 11.5. The third-order valence-electron chi connectivity index (χ3n) is 4.77. The number of hydrogen-bond acceptors (Lipinski definition) is 3. The van der Waals surface area contributed by atoms with E-state index in [1.165, 1.54) is 0 Å². The number of halogens is 1. The van der Waals surface area contributed by atoms with Gasteiger partial charge in [-0.3, -0.25) is 4.79 Å². The molecule has 2 aromatic rings. The van der Waals surface area contributed by atoms with Gasteiger partial charge in [-0.1, -0.05) is 36.4 Å². The summed E-state index contributed by atoms with van der Waals surface area (Å²) < 4.78 is 28.1. The minimum absolute atomic E-state index is 0.0717. The van der Waals surface area contributed by atoms with E-state index in [1.807, 2.05) is 30.3 Å². The first kappa shape index (κ1) is 17.4. The molecule has 1 fully saturated rings. The summed E-state index contributed by atoms with van der Waals surface area (Å²) in [6, 6.07) is 12.7. The molecule has 1 aliphatic rings. The van der Waals surface area contributed by atoms with Gasteiger partial charge in [0.2, 0.25) is 15.3 Å². The lowest BCUT2D eigenvalue weighted by Gasteiger charge is -2.26. The van der Waals surface area contributed by atoms with Gasteiger partial charge in [0.05, 0.1) is 4.90 Å². The number of rotatable bonds is 5. The molecule has 0 atom stereocenters. The molecule has 6 heteroatoms. The molecule has 0 heterocycles. The van der Waals surface area contributed by atoms with Crippen LogP contribution in [0.1, 0.15) is 25.7 Å². The molecule has 24 heavy (non-hydrogen) atoms. The first-order valence-electron chi connectivity index (χ1n) is 8.14. The van der Waals surface area contributed by atoms with Crippen LogP contribution in [0.5, 0.6) is 0 Å². The van der Waals surface area contributed by atoms with Crippen LogP contribution >= 0.6 is 11.6 Å². The van der Waals surface area contributed by atoms with Crippen molar-refractivity contribution in [1.82, 2.24) is 4.72 Å². The predicted octanol–water partition coefficient (Wildman–Crippen LogP) is 3.69. The minimum Gasteiger partial charge on any atom is -0.281 e. The second kappa shape index (κ2) is 7.21. The van der Waals surface area contributed by atoms with Gasteiger partial charge in [-0.05, 0) is 54.7 Å². The van der Waals surface area contributed by atoms with Crippen molar-refractivity contribution in [2.24, 2.45) is 11.8 Å². The molecule has 1 aliphatic carbocycles. The van der Waals surface area contributed by atoms with E-state index in [9.17, 15) is 13.2 Å². The Morgan fingerprint density at radius 2 is 1.71 bits per heavy atom. The van der Waals surface area contributed by atoms with Crippen LogP contribution in [0.25, 0.3) is 10.8 Å². The van der Waals surface area contributed by atoms with E-state index in [-0.39, 0.29) is 17.1 Å². The van der Waals surface area contributed by atoms with E-state index in [4.69, 9.17) is 11.6 Å².